The predicted octanol–water partition coefficient (Wildman–Crippen LogP) is 4.17. The summed E-state index contributed by atoms with van der Waals surface area (Å²) < 4.78 is 0. The van der Waals surface area contributed by atoms with E-state index in [4.69, 9.17) is 11.6 Å². The molecule has 148 valence electrons. The second-order valence-electron chi connectivity index (χ2n) is 6.54. The molecule has 1 fully saturated rings. The van der Waals surface area contributed by atoms with Crippen LogP contribution in [0.25, 0.3) is 5.76 Å². The number of carbonyl (C=O) groups is 2. The number of hydrogen-bond donors (Lipinski definition) is 1. The molecule has 0 saturated carbocycles. The number of amides is 1. The lowest BCUT2D eigenvalue weighted by molar-refractivity contribution is -0.140. The standard InChI is InChI=1S/C21H23ClN2O3S/c1-3-23(4-2)11-12-24-18(16-6-5-13-28-16)17(20(26)21(24)27)19(25)14-7-9-15(22)10-8-14/h5-10,13,18,25H,3-4,11-12H2,1-2H3/b19-17+/t18-/m1/s1. The molecule has 0 radical (unpaired) electrons. The number of aliphatic hydroxyl groups is 1. The molecule has 2 heterocycles. The summed E-state index contributed by atoms with van der Waals surface area (Å²) in [5, 5.41) is 13.3. The topological polar surface area (TPSA) is 60.9 Å². The van der Waals surface area contributed by atoms with E-state index in [1.807, 2.05) is 17.5 Å². The highest BCUT2D eigenvalue weighted by atomic mass is 35.5. The minimum absolute atomic E-state index is 0.134. The third-order valence-electron chi connectivity index (χ3n) is 5.02. The summed E-state index contributed by atoms with van der Waals surface area (Å²) in [5.74, 6) is -1.38. The van der Waals surface area contributed by atoms with Crippen LogP contribution in [0.4, 0.5) is 0 Å². The molecule has 1 amide bonds. The van der Waals surface area contributed by atoms with E-state index < -0.39 is 17.7 Å². The van der Waals surface area contributed by atoms with Crippen molar-refractivity contribution >= 4 is 40.4 Å². The number of Topliss-reactive ketones (excluding diaryl/α,β-unsaturated/α-hetero) is 1. The highest BCUT2D eigenvalue weighted by molar-refractivity contribution is 7.10. The largest absolute Gasteiger partial charge is 0.507 e. The van der Waals surface area contributed by atoms with Gasteiger partial charge in [0.05, 0.1) is 11.6 Å². The van der Waals surface area contributed by atoms with E-state index in [9.17, 15) is 14.7 Å². The highest BCUT2D eigenvalue weighted by Crippen LogP contribution is 2.40. The van der Waals surface area contributed by atoms with E-state index in [-0.39, 0.29) is 11.3 Å². The molecule has 0 bridgehead atoms. The fraction of sp³-hybridized carbons (Fsp3) is 0.333. The van der Waals surface area contributed by atoms with Gasteiger partial charge in [-0.2, -0.15) is 0 Å². The van der Waals surface area contributed by atoms with Gasteiger partial charge in [-0.25, -0.2) is 0 Å². The Kier molecular flexibility index (Phi) is 6.54. The molecule has 1 saturated heterocycles. The molecule has 3 rings (SSSR count). The van der Waals surface area contributed by atoms with Gasteiger partial charge >= 0.3 is 0 Å². The zero-order valence-corrected chi connectivity index (χ0v) is 17.5. The Hall–Kier alpha value is -2.15. The number of hydrogen-bond acceptors (Lipinski definition) is 5. The smallest absolute Gasteiger partial charge is 0.295 e. The summed E-state index contributed by atoms with van der Waals surface area (Å²) in [6.45, 7) is 6.96. The summed E-state index contributed by atoms with van der Waals surface area (Å²) in [4.78, 5) is 30.3. The van der Waals surface area contributed by atoms with Gasteiger partial charge < -0.3 is 14.9 Å². The highest BCUT2D eigenvalue weighted by Gasteiger charge is 2.46. The molecule has 0 spiro atoms. The van der Waals surface area contributed by atoms with Crippen LogP contribution in [0.2, 0.25) is 5.02 Å². The summed E-state index contributed by atoms with van der Waals surface area (Å²) in [6, 6.07) is 9.78. The second kappa shape index (κ2) is 8.90. The molecule has 1 aliphatic heterocycles. The van der Waals surface area contributed by atoms with Crippen LogP contribution in [0.3, 0.4) is 0 Å². The number of ketones is 1. The number of nitrogens with zero attached hydrogens (tertiary/aromatic N) is 2. The quantitative estimate of drug-likeness (QED) is 0.416. The molecular weight excluding hydrogens is 396 g/mol. The number of halogens is 1. The molecule has 1 aliphatic rings. The molecule has 1 aromatic heterocycles. The molecule has 5 nitrogen and oxygen atoms in total. The Labute approximate surface area is 173 Å². The van der Waals surface area contributed by atoms with Gasteiger partial charge in [-0.05, 0) is 48.8 Å². The molecule has 7 heteroatoms. The molecule has 1 atom stereocenters. The Bertz CT molecular complexity index is 874. The lowest BCUT2D eigenvalue weighted by Gasteiger charge is -2.27. The van der Waals surface area contributed by atoms with Crippen molar-refractivity contribution in [1.82, 2.24) is 9.80 Å². The van der Waals surface area contributed by atoms with Crippen LogP contribution in [-0.2, 0) is 9.59 Å². The van der Waals surface area contributed by atoms with Gasteiger partial charge in [0.15, 0.2) is 0 Å². The van der Waals surface area contributed by atoms with Crippen LogP contribution in [0.15, 0.2) is 47.4 Å². The van der Waals surface area contributed by atoms with Gasteiger partial charge in [-0.3, -0.25) is 9.59 Å². The van der Waals surface area contributed by atoms with Crippen molar-refractivity contribution < 1.29 is 14.7 Å². The van der Waals surface area contributed by atoms with E-state index in [1.54, 1.807) is 29.2 Å². The van der Waals surface area contributed by atoms with Crippen molar-refractivity contribution in [3.63, 3.8) is 0 Å². The van der Waals surface area contributed by atoms with Crippen molar-refractivity contribution in [2.75, 3.05) is 26.2 Å². The van der Waals surface area contributed by atoms with Gasteiger partial charge in [-0.1, -0.05) is 31.5 Å². The fourth-order valence-electron chi connectivity index (χ4n) is 3.41. The first-order valence-corrected chi connectivity index (χ1v) is 10.5. The van der Waals surface area contributed by atoms with Crippen molar-refractivity contribution in [2.24, 2.45) is 0 Å². The molecular formula is C21H23ClN2O3S. The number of carbonyl (C=O) groups excluding carboxylic acids is 2. The molecule has 1 N–H and O–H groups in total. The van der Waals surface area contributed by atoms with Crippen LogP contribution in [0, 0.1) is 0 Å². The molecule has 0 unspecified atom stereocenters. The molecule has 28 heavy (non-hydrogen) atoms. The first-order chi connectivity index (χ1) is 13.5. The van der Waals surface area contributed by atoms with E-state index in [2.05, 4.69) is 18.7 Å². The van der Waals surface area contributed by atoms with Gasteiger partial charge in [0.25, 0.3) is 11.7 Å². The first kappa shape index (κ1) is 20.6. The van der Waals surface area contributed by atoms with Gasteiger partial charge in [-0.15, -0.1) is 11.3 Å². The Morgan fingerprint density at radius 3 is 2.43 bits per heavy atom. The normalized spacial score (nSPS) is 19.0. The summed E-state index contributed by atoms with van der Waals surface area (Å²) in [5.41, 5.74) is 0.599. The lowest BCUT2D eigenvalue weighted by Crippen LogP contribution is -2.37. The summed E-state index contributed by atoms with van der Waals surface area (Å²) in [7, 11) is 0. The second-order valence-corrected chi connectivity index (χ2v) is 7.96. The minimum Gasteiger partial charge on any atom is -0.507 e. The molecule has 0 aliphatic carbocycles. The van der Waals surface area contributed by atoms with Crippen LogP contribution < -0.4 is 0 Å². The maximum Gasteiger partial charge on any atom is 0.295 e. The zero-order chi connectivity index (χ0) is 20.3. The monoisotopic (exact) mass is 418 g/mol. The van der Waals surface area contributed by atoms with E-state index in [0.29, 0.717) is 23.7 Å². The van der Waals surface area contributed by atoms with Crippen molar-refractivity contribution in [1.29, 1.82) is 0 Å². The van der Waals surface area contributed by atoms with Crippen molar-refractivity contribution in [2.45, 2.75) is 19.9 Å². The van der Waals surface area contributed by atoms with E-state index in [0.717, 1.165) is 18.0 Å². The minimum atomic E-state index is -0.648. The summed E-state index contributed by atoms with van der Waals surface area (Å²) >= 11 is 7.40. The Morgan fingerprint density at radius 2 is 1.86 bits per heavy atom. The number of rotatable bonds is 7. The SMILES string of the molecule is CCN(CC)CCN1C(=O)C(=O)/C(=C(/O)c2ccc(Cl)cc2)[C@H]1c1cccs1. The van der Waals surface area contributed by atoms with Crippen LogP contribution in [0.1, 0.15) is 30.3 Å². The van der Waals surface area contributed by atoms with Gasteiger partial charge in [0.1, 0.15) is 5.76 Å². The summed E-state index contributed by atoms with van der Waals surface area (Å²) in [6.07, 6.45) is 0. The Morgan fingerprint density at radius 1 is 1.18 bits per heavy atom. The maximum absolute atomic E-state index is 12.8. The number of likely N-dealkylation sites (tertiary alicyclic amines) is 1. The Balaban J connectivity index is 2.03. The van der Waals surface area contributed by atoms with Crippen LogP contribution in [-0.4, -0.2) is 52.8 Å². The number of likely N-dealkylation sites (N-methyl/N-ethyl adjacent to an activating group) is 1. The van der Waals surface area contributed by atoms with E-state index in [1.165, 1.54) is 11.3 Å². The van der Waals surface area contributed by atoms with Gasteiger partial charge in [0, 0.05) is 28.6 Å². The predicted molar refractivity (Wildman–Crippen MR) is 113 cm³/mol. The maximum atomic E-state index is 12.8. The van der Waals surface area contributed by atoms with Gasteiger partial charge in [0.2, 0.25) is 0 Å². The van der Waals surface area contributed by atoms with Crippen LogP contribution >= 0.6 is 22.9 Å². The van der Waals surface area contributed by atoms with Crippen molar-refractivity contribution in [3.8, 4) is 0 Å². The van der Waals surface area contributed by atoms with E-state index >= 15 is 0 Å². The first-order valence-electron chi connectivity index (χ1n) is 9.28. The molecule has 2 aromatic rings. The third kappa shape index (κ3) is 3.99. The van der Waals surface area contributed by atoms with Crippen LogP contribution in [0.5, 0.6) is 0 Å². The average molecular weight is 419 g/mol. The number of aliphatic hydroxyl groups excluding tert-OH is 1. The lowest BCUT2D eigenvalue weighted by atomic mass is 10.00. The third-order valence-corrected chi connectivity index (χ3v) is 6.20. The molecule has 1 aromatic carbocycles. The van der Waals surface area contributed by atoms with Crippen molar-refractivity contribution in [3.05, 3.63) is 62.8 Å². The number of thiophene rings is 1. The zero-order valence-electron chi connectivity index (χ0n) is 15.9. The average Bonchev–Trinajstić information content (AvgIpc) is 3.31. The number of benzene rings is 1. The fourth-order valence-corrected chi connectivity index (χ4v) is 4.38.